The Bertz CT molecular complexity index is 1190. The number of aryl methyl sites for hydroxylation is 1. The zero-order chi connectivity index (χ0) is 23.5. The standard InChI is InChI=1S/C27H27N3O3/c1-5-18-6-10-20(11-7-18)28-25-24(19-8-16-23(33-4)17-9-19)26(31)30(27(25)32)22-14-12-21(13-15-22)29(2)3/h6-17,28H,5H2,1-4H3. The van der Waals surface area contributed by atoms with Crippen LogP contribution in [0.3, 0.4) is 0 Å². The predicted molar refractivity (Wildman–Crippen MR) is 133 cm³/mol. The van der Waals surface area contributed by atoms with Crippen molar-refractivity contribution in [1.82, 2.24) is 0 Å². The van der Waals surface area contributed by atoms with Gasteiger partial charge in [0.05, 0.1) is 18.4 Å². The molecule has 33 heavy (non-hydrogen) atoms. The number of carbonyl (C=O) groups is 2. The Balaban J connectivity index is 1.76. The average molecular weight is 442 g/mol. The van der Waals surface area contributed by atoms with Gasteiger partial charge < -0.3 is 15.0 Å². The fraction of sp³-hybridized carbons (Fsp3) is 0.185. The summed E-state index contributed by atoms with van der Waals surface area (Å²) in [5, 5.41) is 3.21. The van der Waals surface area contributed by atoms with E-state index in [1.54, 1.807) is 43.5 Å². The lowest BCUT2D eigenvalue weighted by Gasteiger charge is -2.18. The molecule has 1 aliphatic rings. The molecule has 0 aromatic heterocycles. The first-order valence-electron chi connectivity index (χ1n) is 10.8. The van der Waals surface area contributed by atoms with Gasteiger partial charge in [0.2, 0.25) is 0 Å². The maximum Gasteiger partial charge on any atom is 0.282 e. The van der Waals surface area contributed by atoms with Crippen molar-refractivity contribution in [2.24, 2.45) is 0 Å². The third-order valence-electron chi connectivity index (χ3n) is 5.72. The Morgan fingerprint density at radius 1 is 0.848 bits per heavy atom. The van der Waals surface area contributed by atoms with E-state index in [0.29, 0.717) is 22.6 Å². The fourth-order valence-corrected chi connectivity index (χ4v) is 3.77. The maximum atomic E-state index is 13.6. The normalized spacial score (nSPS) is 13.5. The minimum Gasteiger partial charge on any atom is -0.497 e. The molecule has 1 aliphatic heterocycles. The molecule has 0 saturated carbocycles. The van der Waals surface area contributed by atoms with Gasteiger partial charge in [-0.25, -0.2) is 4.90 Å². The van der Waals surface area contributed by atoms with E-state index in [4.69, 9.17) is 4.74 Å². The summed E-state index contributed by atoms with van der Waals surface area (Å²) >= 11 is 0. The van der Waals surface area contributed by atoms with Crippen LogP contribution < -0.4 is 19.9 Å². The van der Waals surface area contributed by atoms with E-state index in [1.807, 2.05) is 55.4 Å². The van der Waals surface area contributed by atoms with Crippen molar-refractivity contribution in [3.05, 3.63) is 89.6 Å². The lowest BCUT2D eigenvalue weighted by atomic mass is 10.0. The number of nitrogens with zero attached hydrogens (tertiary/aromatic N) is 2. The summed E-state index contributed by atoms with van der Waals surface area (Å²) < 4.78 is 5.25. The predicted octanol–water partition coefficient (Wildman–Crippen LogP) is 4.72. The van der Waals surface area contributed by atoms with Crippen LogP contribution in [0.5, 0.6) is 5.75 Å². The molecule has 0 fully saturated rings. The second kappa shape index (κ2) is 9.20. The lowest BCUT2D eigenvalue weighted by molar-refractivity contribution is -0.120. The maximum absolute atomic E-state index is 13.6. The Morgan fingerprint density at radius 2 is 1.48 bits per heavy atom. The molecule has 0 radical (unpaired) electrons. The van der Waals surface area contributed by atoms with E-state index in [-0.39, 0.29) is 17.5 Å². The van der Waals surface area contributed by atoms with Gasteiger partial charge in [0.1, 0.15) is 11.4 Å². The molecule has 6 nitrogen and oxygen atoms in total. The van der Waals surface area contributed by atoms with E-state index in [9.17, 15) is 9.59 Å². The van der Waals surface area contributed by atoms with Gasteiger partial charge in [-0.15, -0.1) is 0 Å². The van der Waals surface area contributed by atoms with Crippen molar-refractivity contribution in [2.45, 2.75) is 13.3 Å². The highest BCUT2D eigenvalue weighted by Crippen LogP contribution is 2.35. The highest BCUT2D eigenvalue weighted by atomic mass is 16.5. The molecular weight excluding hydrogens is 414 g/mol. The van der Waals surface area contributed by atoms with E-state index < -0.39 is 0 Å². The SMILES string of the molecule is CCc1ccc(NC2=C(c3ccc(OC)cc3)C(=O)N(c3ccc(N(C)C)cc3)C2=O)cc1. The molecule has 4 rings (SSSR count). The van der Waals surface area contributed by atoms with Crippen LogP contribution in [0.25, 0.3) is 5.57 Å². The van der Waals surface area contributed by atoms with E-state index >= 15 is 0 Å². The van der Waals surface area contributed by atoms with E-state index in [0.717, 1.165) is 17.8 Å². The Hall–Kier alpha value is -4.06. The smallest absolute Gasteiger partial charge is 0.282 e. The Labute approximate surface area is 194 Å². The number of imide groups is 1. The van der Waals surface area contributed by atoms with Crippen molar-refractivity contribution in [3.63, 3.8) is 0 Å². The minimum absolute atomic E-state index is 0.256. The molecule has 0 aliphatic carbocycles. The summed E-state index contributed by atoms with van der Waals surface area (Å²) in [7, 11) is 5.47. The number of nitrogens with one attached hydrogen (secondary N) is 1. The molecular formula is C27H27N3O3. The summed E-state index contributed by atoms with van der Waals surface area (Å²) in [6, 6.07) is 22.4. The first kappa shape index (κ1) is 22.1. The molecule has 0 atom stereocenters. The largest absolute Gasteiger partial charge is 0.497 e. The molecule has 1 heterocycles. The number of amides is 2. The van der Waals surface area contributed by atoms with Gasteiger partial charge in [0, 0.05) is 25.5 Å². The number of carbonyl (C=O) groups excluding carboxylic acids is 2. The molecule has 0 unspecified atom stereocenters. The van der Waals surface area contributed by atoms with E-state index in [2.05, 4.69) is 12.2 Å². The number of benzene rings is 3. The molecule has 0 bridgehead atoms. The van der Waals surface area contributed by atoms with Gasteiger partial charge in [-0.3, -0.25) is 9.59 Å². The first-order chi connectivity index (χ1) is 15.9. The van der Waals surface area contributed by atoms with Crippen LogP contribution in [-0.4, -0.2) is 33.0 Å². The van der Waals surface area contributed by atoms with Crippen molar-refractivity contribution < 1.29 is 14.3 Å². The number of methoxy groups -OCH3 is 1. The monoisotopic (exact) mass is 441 g/mol. The van der Waals surface area contributed by atoms with Gasteiger partial charge in [0.15, 0.2) is 0 Å². The molecule has 0 spiro atoms. The van der Waals surface area contributed by atoms with Crippen LogP contribution in [0.4, 0.5) is 17.1 Å². The summed E-state index contributed by atoms with van der Waals surface area (Å²) in [4.78, 5) is 30.3. The van der Waals surface area contributed by atoms with Gasteiger partial charge in [0.25, 0.3) is 11.8 Å². The van der Waals surface area contributed by atoms with Crippen LogP contribution in [0.15, 0.2) is 78.5 Å². The molecule has 2 amide bonds. The average Bonchev–Trinajstić information content (AvgIpc) is 3.08. The summed E-state index contributed by atoms with van der Waals surface area (Å²) in [6.45, 7) is 2.09. The zero-order valence-electron chi connectivity index (χ0n) is 19.3. The van der Waals surface area contributed by atoms with Gasteiger partial charge in [-0.05, 0) is 66.1 Å². The summed E-state index contributed by atoms with van der Waals surface area (Å²) in [5.41, 5.74) is 4.69. The fourth-order valence-electron chi connectivity index (χ4n) is 3.77. The first-order valence-corrected chi connectivity index (χ1v) is 10.8. The van der Waals surface area contributed by atoms with E-state index in [1.165, 1.54) is 10.5 Å². The van der Waals surface area contributed by atoms with Gasteiger partial charge in [-0.2, -0.15) is 0 Å². The Kier molecular flexibility index (Phi) is 6.18. The van der Waals surface area contributed by atoms with Crippen molar-refractivity contribution in [1.29, 1.82) is 0 Å². The van der Waals surface area contributed by atoms with Crippen molar-refractivity contribution >= 4 is 34.4 Å². The number of hydrogen-bond acceptors (Lipinski definition) is 5. The van der Waals surface area contributed by atoms with Crippen LogP contribution in [-0.2, 0) is 16.0 Å². The number of anilines is 3. The third kappa shape index (κ3) is 4.32. The van der Waals surface area contributed by atoms with Crippen molar-refractivity contribution in [2.75, 3.05) is 36.3 Å². The second-order valence-electron chi connectivity index (χ2n) is 8.01. The second-order valence-corrected chi connectivity index (χ2v) is 8.01. The molecule has 3 aromatic carbocycles. The molecule has 1 N–H and O–H groups in total. The van der Waals surface area contributed by atoms with Crippen molar-refractivity contribution in [3.8, 4) is 5.75 Å². The quantitative estimate of drug-likeness (QED) is 0.538. The van der Waals surface area contributed by atoms with Crippen LogP contribution in [0.1, 0.15) is 18.1 Å². The minimum atomic E-state index is -0.386. The highest BCUT2D eigenvalue weighted by Gasteiger charge is 2.40. The Morgan fingerprint density at radius 3 is 2.03 bits per heavy atom. The zero-order valence-corrected chi connectivity index (χ0v) is 19.3. The lowest BCUT2D eigenvalue weighted by Crippen LogP contribution is -2.32. The summed E-state index contributed by atoms with van der Waals surface area (Å²) in [5.74, 6) is -0.0737. The van der Waals surface area contributed by atoms with Crippen LogP contribution >= 0.6 is 0 Å². The molecule has 3 aromatic rings. The number of hydrogen-bond donors (Lipinski definition) is 1. The highest BCUT2D eigenvalue weighted by molar-refractivity contribution is 6.46. The van der Waals surface area contributed by atoms with Gasteiger partial charge >= 0.3 is 0 Å². The number of rotatable bonds is 7. The van der Waals surface area contributed by atoms with Gasteiger partial charge in [-0.1, -0.05) is 31.2 Å². The topological polar surface area (TPSA) is 61.9 Å². The summed E-state index contributed by atoms with van der Waals surface area (Å²) in [6.07, 6.45) is 0.925. The van der Waals surface area contributed by atoms with Crippen LogP contribution in [0, 0.1) is 0 Å². The van der Waals surface area contributed by atoms with Crippen LogP contribution in [0.2, 0.25) is 0 Å². The number of ether oxygens (including phenoxy) is 1. The molecule has 168 valence electrons. The molecule has 6 heteroatoms. The third-order valence-corrected chi connectivity index (χ3v) is 5.72. The molecule has 0 saturated heterocycles.